The van der Waals surface area contributed by atoms with E-state index in [2.05, 4.69) is 35.3 Å². The lowest BCUT2D eigenvalue weighted by atomic mass is 9.96. The Bertz CT molecular complexity index is 351. The Kier molecular flexibility index (Phi) is 4.37. The lowest BCUT2D eigenvalue weighted by molar-refractivity contribution is 0.403. The van der Waals surface area contributed by atoms with E-state index in [9.17, 15) is 0 Å². The van der Waals surface area contributed by atoms with Crippen molar-refractivity contribution in [3.63, 3.8) is 0 Å². The van der Waals surface area contributed by atoms with Crippen molar-refractivity contribution in [3.8, 4) is 0 Å². The van der Waals surface area contributed by atoms with E-state index >= 15 is 0 Å². The summed E-state index contributed by atoms with van der Waals surface area (Å²) in [5, 5.41) is 3.15. The van der Waals surface area contributed by atoms with Crippen LogP contribution in [0.15, 0.2) is 18.2 Å². The highest BCUT2D eigenvalue weighted by molar-refractivity contribution is 5.39. The third-order valence-electron chi connectivity index (χ3n) is 3.57. The van der Waals surface area contributed by atoms with Gasteiger partial charge in [0.25, 0.3) is 0 Å². The Morgan fingerprint density at radius 3 is 3.12 bits per heavy atom. The predicted molar refractivity (Wildman–Crippen MR) is 72.2 cm³/mol. The molecule has 17 heavy (non-hydrogen) atoms. The SMILES string of the molecule is CCC1CCCN(c2cccc(CNC)n2)C1. The van der Waals surface area contributed by atoms with Crippen LogP contribution in [-0.2, 0) is 6.54 Å². The van der Waals surface area contributed by atoms with Crippen molar-refractivity contribution in [3.05, 3.63) is 23.9 Å². The molecule has 1 saturated heterocycles. The number of pyridine rings is 1. The number of rotatable bonds is 4. The largest absolute Gasteiger partial charge is 0.356 e. The van der Waals surface area contributed by atoms with Crippen molar-refractivity contribution < 1.29 is 0 Å². The van der Waals surface area contributed by atoms with E-state index in [1.165, 1.54) is 25.8 Å². The molecule has 1 aliphatic rings. The molecule has 0 aromatic carbocycles. The molecule has 3 heteroatoms. The number of nitrogens with zero attached hydrogens (tertiary/aromatic N) is 2. The number of hydrogen-bond donors (Lipinski definition) is 1. The summed E-state index contributed by atoms with van der Waals surface area (Å²) in [5.74, 6) is 1.99. The molecular weight excluding hydrogens is 210 g/mol. The molecule has 0 amide bonds. The zero-order chi connectivity index (χ0) is 12.1. The van der Waals surface area contributed by atoms with Crippen molar-refractivity contribution in [2.45, 2.75) is 32.7 Å². The van der Waals surface area contributed by atoms with Gasteiger partial charge in [0.2, 0.25) is 0 Å². The van der Waals surface area contributed by atoms with Gasteiger partial charge in [-0.05, 0) is 37.9 Å². The van der Waals surface area contributed by atoms with Gasteiger partial charge in [-0.3, -0.25) is 0 Å². The fraction of sp³-hybridized carbons (Fsp3) is 0.643. The van der Waals surface area contributed by atoms with Crippen LogP contribution < -0.4 is 10.2 Å². The van der Waals surface area contributed by atoms with Crippen LogP contribution in [0.5, 0.6) is 0 Å². The van der Waals surface area contributed by atoms with Gasteiger partial charge in [0.05, 0.1) is 5.69 Å². The van der Waals surface area contributed by atoms with Crippen LogP contribution in [-0.4, -0.2) is 25.1 Å². The normalized spacial score (nSPS) is 20.6. The molecule has 0 spiro atoms. The molecule has 1 atom stereocenters. The van der Waals surface area contributed by atoms with Crippen LogP contribution >= 0.6 is 0 Å². The van der Waals surface area contributed by atoms with Crippen LogP contribution in [0.3, 0.4) is 0 Å². The van der Waals surface area contributed by atoms with Gasteiger partial charge in [-0.15, -0.1) is 0 Å². The fourth-order valence-electron chi connectivity index (χ4n) is 2.53. The molecule has 2 rings (SSSR count). The first-order valence-corrected chi connectivity index (χ1v) is 6.69. The topological polar surface area (TPSA) is 28.2 Å². The van der Waals surface area contributed by atoms with Crippen LogP contribution in [0.4, 0.5) is 5.82 Å². The second-order valence-corrected chi connectivity index (χ2v) is 4.88. The van der Waals surface area contributed by atoms with Gasteiger partial charge in [-0.25, -0.2) is 4.98 Å². The van der Waals surface area contributed by atoms with Crippen LogP contribution in [0.25, 0.3) is 0 Å². The minimum Gasteiger partial charge on any atom is -0.356 e. The Morgan fingerprint density at radius 2 is 2.35 bits per heavy atom. The first kappa shape index (κ1) is 12.4. The highest BCUT2D eigenvalue weighted by Crippen LogP contribution is 2.23. The van der Waals surface area contributed by atoms with Gasteiger partial charge in [0.1, 0.15) is 5.82 Å². The van der Waals surface area contributed by atoms with Crippen molar-refractivity contribution in [2.24, 2.45) is 5.92 Å². The molecule has 1 fully saturated rings. The second-order valence-electron chi connectivity index (χ2n) is 4.88. The lowest BCUT2D eigenvalue weighted by Gasteiger charge is -2.33. The van der Waals surface area contributed by atoms with Crippen LogP contribution in [0.2, 0.25) is 0 Å². The van der Waals surface area contributed by atoms with Crippen LogP contribution in [0, 0.1) is 5.92 Å². The molecule has 1 unspecified atom stereocenters. The summed E-state index contributed by atoms with van der Waals surface area (Å²) in [6.07, 6.45) is 3.96. The summed E-state index contributed by atoms with van der Waals surface area (Å²) in [7, 11) is 1.96. The minimum atomic E-state index is 0.846. The molecule has 0 aliphatic carbocycles. The van der Waals surface area contributed by atoms with E-state index < -0.39 is 0 Å². The van der Waals surface area contributed by atoms with Crippen molar-refractivity contribution >= 4 is 5.82 Å². The van der Waals surface area contributed by atoms with E-state index in [1.807, 2.05) is 7.05 Å². The first-order chi connectivity index (χ1) is 8.33. The third kappa shape index (κ3) is 3.19. The van der Waals surface area contributed by atoms with Gasteiger partial charge < -0.3 is 10.2 Å². The monoisotopic (exact) mass is 233 g/mol. The van der Waals surface area contributed by atoms with Gasteiger partial charge in [0, 0.05) is 19.6 Å². The van der Waals surface area contributed by atoms with E-state index in [1.54, 1.807) is 0 Å². The maximum Gasteiger partial charge on any atom is 0.128 e. The quantitative estimate of drug-likeness (QED) is 0.865. The zero-order valence-corrected chi connectivity index (χ0v) is 10.9. The van der Waals surface area contributed by atoms with Crippen molar-refractivity contribution in [2.75, 3.05) is 25.0 Å². The predicted octanol–water partition coefficient (Wildman–Crippen LogP) is 2.43. The molecule has 0 saturated carbocycles. The Morgan fingerprint density at radius 1 is 1.47 bits per heavy atom. The maximum absolute atomic E-state index is 4.72. The molecule has 1 aromatic rings. The van der Waals surface area contributed by atoms with E-state index in [0.717, 1.165) is 30.5 Å². The second kappa shape index (κ2) is 6.01. The van der Waals surface area contributed by atoms with Crippen molar-refractivity contribution in [1.82, 2.24) is 10.3 Å². The zero-order valence-electron chi connectivity index (χ0n) is 10.9. The lowest BCUT2D eigenvalue weighted by Crippen LogP contribution is -2.35. The molecule has 0 bridgehead atoms. The van der Waals surface area contributed by atoms with Gasteiger partial charge >= 0.3 is 0 Å². The Balaban J connectivity index is 2.07. The van der Waals surface area contributed by atoms with E-state index in [0.29, 0.717) is 0 Å². The first-order valence-electron chi connectivity index (χ1n) is 6.69. The summed E-state index contributed by atoms with van der Waals surface area (Å²) in [6.45, 7) is 5.47. The number of nitrogens with one attached hydrogen (secondary N) is 1. The van der Waals surface area contributed by atoms with E-state index in [-0.39, 0.29) is 0 Å². The summed E-state index contributed by atoms with van der Waals surface area (Å²) >= 11 is 0. The maximum atomic E-state index is 4.72. The number of aromatic nitrogens is 1. The third-order valence-corrected chi connectivity index (χ3v) is 3.57. The Hall–Kier alpha value is -1.09. The average Bonchev–Trinajstić information content (AvgIpc) is 2.40. The number of hydrogen-bond acceptors (Lipinski definition) is 3. The molecular formula is C14H23N3. The molecule has 94 valence electrons. The fourth-order valence-corrected chi connectivity index (χ4v) is 2.53. The summed E-state index contributed by atoms with van der Waals surface area (Å²) in [6, 6.07) is 6.34. The van der Waals surface area contributed by atoms with Crippen molar-refractivity contribution in [1.29, 1.82) is 0 Å². The minimum absolute atomic E-state index is 0.846. The van der Waals surface area contributed by atoms with Gasteiger partial charge in [-0.1, -0.05) is 19.4 Å². The average molecular weight is 233 g/mol. The van der Waals surface area contributed by atoms with Gasteiger partial charge in [-0.2, -0.15) is 0 Å². The molecule has 0 radical (unpaired) electrons. The number of anilines is 1. The molecule has 3 nitrogen and oxygen atoms in total. The standard InChI is InChI=1S/C14H23N3/c1-3-12-6-5-9-17(11-12)14-8-4-7-13(16-14)10-15-2/h4,7-8,12,15H,3,5-6,9-11H2,1-2H3. The molecule has 2 heterocycles. The number of piperidine rings is 1. The molecule has 1 aliphatic heterocycles. The highest BCUT2D eigenvalue weighted by atomic mass is 15.2. The van der Waals surface area contributed by atoms with Gasteiger partial charge in [0.15, 0.2) is 0 Å². The summed E-state index contributed by atoms with van der Waals surface area (Å²) < 4.78 is 0. The molecule has 1 aromatic heterocycles. The Labute approximate surface area is 104 Å². The molecule has 1 N–H and O–H groups in total. The smallest absolute Gasteiger partial charge is 0.128 e. The summed E-state index contributed by atoms with van der Waals surface area (Å²) in [5.41, 5.74) is 1.13. The summed E-state index contributed by atoms with van der Waals surface area (Å²) in [4.78, 5) is 7.16. The van der Waals surface area contributed by atoms with E-state index in [4.69, 9.17) is 4.98 Å². The van der Waals surface area contributed by atoms with Crippen LogP contribution in [0.1, 0.15) is 31.9 Å². The highest BCUT2D eigenvalue weighted by Gasteiger charge is 2.19.